The number of nitriles is 1. The molecule has 0 atom stereocenters. The molecule has 0 unspecified atom stereocenters. The summed E-state index contributed by atoms with van der Waals surface area (Å²) in [7, 11) is -3.69. The summed E-state index contributed by atoms with van der Waals surface area (Å²) in [5.41, 5.74) is 2.59. The van der Waals surface area contributed by atoms with Gasteiger partial charge in [-0.1, -0.05) is 47.6 Å². The molecular formula is C18H19N2O4P. The van der Waals surface area contributed by atoms with E-state index in [0.29, 0.717) is 11.3 Å². The summed E-state index contributed by atoms with van der Waals surface area (Å²) in [5.74, 6) is 0. The number of nitrogens with zero attached hydrogens (tertiary/aromatic N) is 2. The minimum absolute atomic E-state index is 0.184. The predicted octanol–water partition coefficient (Wildman–Crippen LogP) is 4.64. The summed E-state index contributed by atoms with van der Waals surface area (Å²) >= 11 is 0. The lowest BCUT2D eigenvalue weighted by Crippen LogP contribution is -2.00. The van der Waals surface area contributed by atoms with Gasteiger partial charge in [-0.25, -0.2) is 4.57 Å². The number of hydrogen-bond donors (Lipinski definition) is 0. The Kier molecular flexibility index (Phi) is 6.91. The Labute approximate surface area is 147 Å². The van der Waals surface area contributed by atoms with Crippen LogP contribution in [0.4, 0.5) is 0 Å². The molecule has 1 aliphatic rings. The number of rotatable bonds is 7. The molecule has 0 radical (unpaired) electrons. The van der Waals surface area contributed by atoms with E-state index in [0.717, 1.165) is 11.1 Å². The van der Waals surface area contributed by atoms with Gasteiger partial charge in [-0.2, -0.15) is 5.26 Å². The predicted molar refractivity (Wildman–Crippen MR) is 96.6 cm³/mol. The highest BCUT2D eigenvalue weighted by Crippen LogP contribution is 2.49. The van der Waals surface area contributed by atoms with Crippen LogP contribution in [0.2, 0.25) is 0 Å². The Morgan fingerprint density at radius 3 is 2.20 bits per heavy atom. The van der Waals surface area contributed by atoms with Crippen LogP contribution < -0.4 is 0 Å². The van der Waals surface area contributed by atoms with Gasteiger partial charge in [-0.3, -0.25) is 13.7 Å². The third-order valence-electron chi connectivity index (χ3n) is 3.15. The maximum atomic E-state index is 12.2. The average Bonchev–Trinajstić information content (AvgIpc) is 2.63. The molecule has 0 aliphatic heterocycles. The van der Waals surface area contributed by atoms with Gasteiger partial charge in [0.05, 0.1) is 18.8 Å². The van der Waals surface area contributed by atoms with Crippen molar-refractivity contribution in [2.75, 3.05) is 13.2 Å². The van der Waals surface area contributed by atoms with Crippen molar-refractivity contribution < 1.29 is 18.2 Å². The molecule has 1 aromatic carbocycles. The van der Waals surface area contributed by atoms with Gasteiger partial charge in [0.1, 0.15) is 11.8 Å². The van der Waals surface area contributed by atoms with Crippen LogP contribution in [0.5, 0.6) is 0 Å². The topological polar surface area (TPSA) is 80.9 Å². The Balaban J connectivity index is 2.17. The zero-order valence-electron chi connectivity index (χ0n) is 14.1. The van der Waals surface area contributed by atoms with Crippen LogP contribution in [0.25, 0.3) is 5.57 Å². The van der Waals surface area contributed by atoms with Crippen molar-refractivity contribution >= 4 is 19.1 Å². The van der Waals surface area contributed by atoms with Crippen LogP contribution in [0.3, 0.4) is 0 Å². The van der Waals surface area contributed by atoms with Gasteiger partial charge in [0.25, 0.3) is 0 Å². The molecular weight excluding hydrogens is 339 g/mol. The van der Waals surface area contributed by atoms with Gasteiger partial charge < -0.3 is 0 Å². The quantitative estimate of drug-likeness (QED) is 0.403. The Bertz CT molecular complexity index is 776. The number of oxime groups is 1. The fourth-order valence-corrected chi connectivity index (χ4v) is 3.08. The molecule has 0 heterocycles. The van der Waals surface area contributed by atoms with Crippen molar-refractivity contribution in [3.63, 3.8) is 0 Å². The molecule has 1 aliphatic carbocycles. The van der Waals surface area contributed by atoms with Crippen LogP contribution in [-0.2, 0) is 18.2 Å². The van der Waals surface area contributed by atoms with E-state index in [1.54, 1.807) is 38.2 Å². The van der Waals surface area contributed by atoms with E-state index in [-0.39, 0.29) is 13.2 Å². The van der Waals surface area contributed by atoms with Gasteiger partial charge in [0, 0.05) is 0 Å². The largest absolute Gasteiger partial charge is 0.550 e. The summed E-state index contributed by atoms with van der Waals surface area (Å²) < 4.78 is 27.2. The first-order valence-electron chi connectivity index (χ1n) is 7.83. The van der Waals surface area contributed by atoms with E-state index < -0.39 is 7.82 Å². The molecule has 7 heteroatoms. The number of hydrogen-bond acceptors (Lipinski definition) is 6. The normalized spacial score (nSPS) is 13.5. The summed E-state index contributed by atoms with van der Waals surface area (Å²) in [5, 5.41) is 13.2. The maximum absolute atomic E-state index is 12.2. The van der Waals surface area contributed by atoms with E-state index >= 15 is 0 Å². The van der Waals surface area contributed by atoms with Gasteiger partial charge in [0.15, 0.2) is 0 Å². The van der Waals surface area contributed by atoms with Crippen LogP contribution in [0.15, 0.2) is 65.4 Å². The third-order valence-corrected chi connectivity index (χ3v) is 4.58. The minimum atomic E-state index is -3.69. The van der Waals surface area contributed by atoms with Gasteiger partial charge in [0.2, 0.25) is 0 Å². The fourth-order valence-electron chi connectivity index (χ4n) is 2.09. The number of phosphoric acid groups is 1. The molecule has 0 saturated heterocycles. The van der Waals surface area contributed by atoms with Crippen molar-refractivity contribution in [1.82, 2.24) is 0 Å². The van der Waals surface area contributed by atoms with Crippen LogP contribution in [0, 0.1) is 11.3 Å². The molecule has 1 aromatic rings. The molecule has 0 amide bonds. The van der Waals surface area contributed by atoms with E-state index in [9.17, 15) is 9.83 Å². The zero-order valence-corrected chi connectivity index (χ0v) is 15.0. The first kappa shape index (κ1) is 18.9. The highest BCUT2D eigenvalue weighted by atomic mass is 31.2. The second-order valence-electron chi connectivity index (χ2n) is 4.86. The SMILES string of the molecule is CCOP(=O)(OCC)ON=C1C=CC(=C(C#N)c2ccccc2)C=C1. The number of benzene rings is 1. The van der Waals surface area contributed by atoms with Crippen LogP contribution >= 0.6 is 7.82 Å². The summed E-state index contributed by atoms with van der Waals surface area (Å²) in [6.07, 6.45) is 6.83. The molecule has 6 nitrogen and oxygen atoms in total. The van der Waals surface area contributed by atoms with Crippen LogP contribution in [0.1, 0.15) is 19.4 Å². The van der Waals surface area contributed by atoms with Gasteiger partial charge in [-0.05, 0) is 37.1 Å². The first-order valence-corrected chi connectivity index (χ1v) is 9.29. The van der Waals surface area contributed by atoms with E-state index in [4.69, 9.17) is 13.7 Å². The lowest BCUT2D eigenvalue weighted by atomic mass is 9.97. The monoisotopic (exact) mass is 358 g/mol. The lowest BCUT2D eigenvalue weighted by molar-refractivity contribution is 0.125. The molecule has 0 spiro atoms. The van der Waals surface area contributed by atoms with E-state index in [1.807, 2.05) is 30.3 Å². The zero-order chi connectivity index (χ0) is 18.1. The van der Waals surface area contributed by atoms with Gasteiger partial charge in [-0.15, -0.1) is 0 Å². The van der Waals surface area contributed by atoms with Crippen molar-refractivity contribution in [3.05, 3.63) is 65.8 Å². The van der Waals surface area contributed by atoms with E-state index in [2.05, 4.69) is 11.2 Å². The maximum Gasteiger partial charge on any atom is 0.550 e. The van der Waals surface area contributed by atoms with Gasteiger partial charge >= 0.3 is 7.82 Å². The van der Waals surface area contributed by atoms with Crippen molar-refractivity contribution in [3.8, 4) is 6.07 Å². The molecule has 2 rings (SSSR count). The summed E-state index contributed by atoms with van der Waals surface area (Å²) in [6, 6.07) is 11.6. The molecule has 0 bridgehead atoms. The first-order chi connectivity index (χ1) is 12.1. The molecule has 25 heavy (non-hydrogen) atoms. The standard InChI is InChI=1S/C18H19N2O4P/c1-3-22-25(21,23-4-2)24-20-17-12-10-16(11-13-17)18(14-19)15-8-6-5-7-9-15/h5-13H,3-4H2,1-2H3. The lowest BCUT2D eigenvalue weighted by Gasteiger charge is -2.13. The third kappa shape index (κ3) is 5.27. The second-order valence-corrected chi connectivity index (χ2v) is 6.43. The summed E-state index contributed by atoms with van der Waals surface area (Å²) in [6.45, 7) is 3.74. The fraction of sp³-hybridized carbons (Fsp3) is 0.222. The minimum Gasteiger partial charge on any atom is -0.291 e. The Morgan fingerprint density at radius 1 is 1.08 bits per heavy atom. The number of phosphoric ester groups is 1. The Hall–Kier alpha value is -2.45. The van der Waals surface area contributed by atoms with Crippen molar-refractivity contribution in [2.45, 2.75) is 13.8 Å². The van der Waals surface area contributed by atoms with Crippen LogP contribution in [-0.4, -0.2) is 18.9 Å². The Morgan fingerprint density at radius 2 is 1.68 bits per heavy atom. The molecule has 0 saturated carbocycles. The smallest absolute Gasteiger partial charge is 0.291 e. The average molecular weight is 358 g/mol. The van der Waals surface area contributed by atoms with Crippen molar-refractivity contribution in [1.29, 1.82) is 5.26 Å². The van der Waals surface area contributed by atoms with Crippen molar-refractivity contribution in [2.24, 2.45) is 5.16 Å². The molecule has 0 N–H and O–H groups in total. The number of allylic oxidation sites excluding steroid dienone is 6. The summed E-state index contributed by atoms with van der Waals surface area (Å²) in [4.78, 5) is 0. The second kappa shape index (κ2) is 9.14. The van der Waals surface area contributed by atoms with E-state index in [1.165, 1.54) is 0 Å². The molecule has 130 valence electrons. The molecule has 0 aromatic heterocycles. The highest BCUT2D eigenvalue weighted by Gasteiger charge is 2.27. The molecule has 0 fully saturated rings. The highest BCUT2D eigenvalue weighted by molar-refractivity contribution is 7.48.